The van der Waals surface area contributed by atoms with Gasteiger partial charge in [0.05, 0.1) is 6.61 Å². The van der Waals surface area contributed by atoms with Crippen molar-refractivity contribution in [1.29, 1.82) is 0 Å². The molecule has 2 saturated heterocycles. The summed E-state index contributed by atoms with van der Waals surface area (Å²) in [6.45, 7) is 4.31. The maximum atomic E-state index is 12.0. The third-order valence-electron chi connectivity index (χ3n) is 4.27. The van der Waals surface area contributed by atoms with Gasteiger partial charge in [-0.3, -0.25) is 4.57 Å². The van der Waals surface area contributed by atoms with Crippen molar-refractivity contribution in [3.05, 3.63) is 22.2 Å². The first-order chi connectivity index (χ1) is 9.52. The van der Waals surface area contributed by atoms with E-state index in [1.54, 1.807) is 20.2 Å². The molecule has 0 aliphatic carbocycles. The minimum atomic E-state index is -0.520. The van der Waals surface area contributed by atoms with E-state index in [2.05, 4.69) is 4.98 Å². The van der Waals surface area contributed by atoms with Gasteiger partial charge in [0.15, 0.2) is 6.23 Å². The summed E-state index contributed by atoms with van der Waals surface area (Å²) in [7, 11) is 1.64. The van der Waals surface area contributed by atoms with Crippen LogP contribution in [-0.4, -0.2) is 41.1 Å². The Kier molecular flexibility index (Phi) is 3.07. The molecule has 0 aromatic carbocycles. The highest BCUT2D eigenvalue weighted by Crippen LogP contribution is 2.47. The van der Waals surface area contributed by atoms with Gasteiger partial charge in [-0.15, -0.1) is 0 Å². The van der Waals surface area contributed by atoms with E-state index >= 15 is 0 Å². The van der Waals surface area contributed by atoms with Crippen molar-refractivity contribution < 1.29 is 14.2 Å². The van der Waals surface area contributed by atoms with Gasteiger partial charge in [0.25, 0.3) is 0 Å². The fourth-order valence-electron chi connectivity index (χ4n) is 3.06. The highest BCUT2D eigenvalue weighted by molar-refractivity contribution is 5.35. The number of aryl methyl sites for hydroxylation is 1. The van der Waals surface area contributed by atoms with Crippen molar-refractivity contribution in [2.75, 3.05) is 19.5 Å². The summed E-state index contributed by atoms with van der Waals surface area (Å²) in [6, 6.07) is 0. The second kappa shape index (κ2) is 4.54. The van der Waals surface area contributed by atoms with Gasteiger partial charge in [-0.1, -0.05) is 6.92 Å². The predicted octanol–water partition coefficient (Wildman–Crippen LogP) is 0.225. The van der Waals surface area contributed by atoms with Crippen molar-refractivity contribution in [3.8, 4) is 0 Å². The van der Waals surface area contributed by atoms with E-state index in [1.807, 2.05) is 6.92 Å². The molecule has 0 spiro atoms. The highest BCUT2D eigenvalue weighted by Gasteiger charge is 2.61. The highest BCUT2D eigenvalue weighted by atomic mass is 16.7. The van der Waals surface area contributed by atoms with Crippen LogP contribution in [0.3, 0.4) is 0 Å². The van der Waals surface area contributed by atoms with Crippen molar-refractivity contribution in [3.63, 3.8) is 0 Å². The first-order valence-corrected chi connectivity index (χ1v) is 6.70. The summed E-state index contributed by atoms with van der Waals surface area (Å²) in [4.78, 5) is 15.8. The van der Waals surface area contributed by atoms with Crippen LogP contribution in [0.25, 0.3) is 0 Å². The largest absolute Gasteiger partial charge is 0.383 e. The van der Waals surface area contributed by atoms with Crippen molar-refractivity contribution in [2.24, 2.45) is 0 Å². The molecule has 7 heteroatoms. The quantitative estimate of drug-likeness (QED) is 0.853. The predicted molar refractivity (Wildman–Crippen MR) is 71.3 cm³/mol. The van der Waals surface area contributed by atoms with Crippen LogP contribution in [0.2, 0.25) is 0 Å². The summed E-state index contributed by atoms with van der Waals surface area (Å²) in [5.74, 6) is 0.240. The van der Waals surface area contributed by atoms with E-state index in [4.69, 9.17) is 19.9 Å². The minimum absolute atomic E-state index is 0.178. The van der Waals surface area contributed by atoms with Gasteiger partial charge < -0.3 is 19.9 Å². The van der Waals surface area contributed by atoms with Crippen LogP contribution in [0.5, 0.6) is 0 Å². The Morgan fingerprint density at radius 3 is 3.00 bits per heavy atom. The SMILES string of the molecule is CC[C@]12CO[C@@H](C1OC)[C@H](n1cc(C)c(N)nc1=O)O2. The third-order valence-corrected chi connectivity index (χ3v) is 4.27. The molecule has 2 aliphatic rings. The zero-order valence-electron chi connectivity index (χ0n) is 11.8. The molecule has 1 aromatic rings. The maximum Gasteiger partial charge on any atom is 0.351 e. The Morgan fingerprint density at radius 2 is 2.40 bits per heavy atom. The normalized spacial score (nSPS) is 35.6. The molecule has 110 valence electrons. The zero-order chi connectivity index (χ0) is 14.5. The van der Waals surface area contributed by atoms with Gasteiger partial charge in [-0.05, 0) is 13.3 Å². The lowest BCUT2D eigenvalue weighted by atomic mass is 9.96. The van der Waals surface area contributed by atoms with Gasteiger partial charge in [0, 0.05) is 18.9 Å². The summed E-state index contributed by atoms with van der Waals surface area (Å²) >= 11 is 0. The molecule has 20 heavy (non-hydrogen) atoms. The number of methoxy groups -OCH3 is 1. The fourth-order valence-corrected chi connectivity index (χ4v) is 3.06. The molecule has 0 amide bonds. The van der Waals surface area contributed by atoms with E-state index < -0.39 is 17.5 Å². The van der Waals surface area contributed by atoms with Crippen molar-refractivity contribution >= 4 is 5.82 Å². The van der Waals surface area contributed by atoms with Crippen LogP contribution in [0, 0.1) is 6.92 Å². The van der Waals surface area contributed by atoms with E-state index in [-0.39, 0.29) is 18.0 Å². The molecule has 1 unspecified atom stereocenters. The second-order valence-electron chi connectivity index (χ2n) is 5.36. The van der Waals surface area contributed by atoms with Crippen molar-refractivity contribution in [2.45, 2.75) is 44.3 Å². The van der Waals surface area contributed by atoms with Crippen LogP contribution in [-0.2, 0) is 14.2 Å². The monoisotopic (exact) mass is 281 g/mol. The lowest BCUT2D eigenvalue weighted by Crippen LogP contribution is -2.41. The number of hydrogen-bond acceptors (Lipinski definition) is 6. The van der Waals surface area contributed by atoms with Crippen LogP contribution in [0.1, 0.15) is 25.1 Å². The summed E-state index contributed by atoms with van der Waals surface area (Å²) < 4.78 is 18.8. The Bertz CT molecular complexity index is 587. The number of aromatic nitrogens is 2. The van der Waals surface area contributed by atoms with Crippen LogP contribution >= 0.6 is 0 Å². The molecule has 7 nitrogen and oxygen atoms in total. The van der Waals surface area contributed by atoms with Crippen LogP contribution in [0.15, 0.2) is 11.0 Å². The van der Waals surface area contributed by atoms with Gasteiger partial charge >= 0.3 is 5.69 Å². The zero-order valence-corrected chi connectivity index (χ0v) is 11.8. The molecular formula is C13H19N3O4. The average Bonchev–Trinajstić information content (AvgIpc) is 2.95. The van der Waals surface area contributed by atoms with Crippen LogP contribution in [0.4, 0.5) is 5.82 Å². The van der Waals surface area contributed by atoms with E-state index in [0.29, 0.717) is 6.61 Å². The fraction of sp³-hybridized carbons (Fsp3) is 0.692. The van der Waals surface area contributed by atoms with Gasteiger partial charge in [-0.25, -0.2) is 4.79 Å². The van der Waals surface area contributed by atoms with Gasteiger partial charge in [0.1, 0.15) is 23.6 Å². The number of rotatable bonds is 3. The Labute approximate surface area is 116 Å². The van der Waals surface area contributed by atoms with E-state index in [0.717, 1.165) is 12.0 Å². The molecule has 3 rings (SSSR count). The molecule has 3 heterocycles. The molecule has 2 aliphatic heterocycles. The molecular weight excluding hydrogens is 262 g/mol. The summed E-state index contributed by atoms with van der Waals surface area (Å²) in [5.41, 5.74) is 5.46. The average molecular weight is 281 g/mol. The lowest BCUT2D eigenvalue weighted by molar-refractivity contribution is -0.176. The third kappa shape index (κ3) is 1.70. The smallest absolute Gasteiger partial charge is 0.351 e. The number of ether oxygens (including phenoxy) is 3. The second-order valence-corrected chi connectivity index (χ2v) is 5.36. The standard InChI is InChI=1S/C13H19N3O4/c1-4-13-6-19-8(9(13)18-3)11(20-13)16-5-7(2)10(14)15-12(16)17/h5,8-9,11H,4,6H2,1-3H3,(H2,14,15,17)/t8-,9?,11+,13-/m0/s1. The number of anilines is 1. The van der Waals surface area contributed by atoms with Crippen LogP contribution < -0.4 is 11.4 Å². The Balaban J connectivity index is 2.02. The first kappa shape index (κ1) is 13.5. The molecule has 1 aromatic heterocycles. The molecule has 0 saturated carbocycles. The Morgan fingerprint density at radius 1 is 1.65 bits per heavy atom. The van der Waals surface area contributed by atoms with Gasteiger partial charge in [-0.2, -0.15) is 4.98 Å². The van der Waals surface area contributed by atoms with Crippen molar-refractivity contribution in [1.82, 2.24) is 9.55 Å². The van der Waals surface area contributed by atoms with E-state index in [9.17, 15) is 4.79 Å². The first-order valence-electron chi connectivity index (χ1n) is 6.70. The number of hydrogen-bond donors (Lipinski definition) is 1. The summed E-state index contributed by atoms with van der Waals surface area (Å²) in [6.07, 6.45) is 1.42. The minimum Gasteiger partial charge on any atom is -0.383 e. The molecule has 4 atom stereocenters. The van der Waals surface area contributed by atoms with E-state index in [1.165, 1.54) is 4.57 Å². The number of nitrogen functional groups attached to an aromatic ring is 1. The summed E-state index contributed by atoms with van der Waals surface area (Å²) in [5, 5.41) is 0. The lowest BCUT2D eigenvalue weighted by Gasteiger charge is -2.30. The molecule has 2 bridgehead atoms. The molecule has 2 fully saturated rings. The topological polar surface area (TPSA) is 88.6 Å². The number of nitrogens with two attached hydrogens (primary N) is 1. The number of nitrogens with zero attached hydrogens (tertiary/aromatic N) is 2. The van der Waals surface area contributed by atoms with Gasteiger partial charge in [0.2, 0.25) is 0 Å². The Hall–Kier alpha value is -1.44. The maximum absolute atomic E-state index is 12.0. The molecule has 2 N–H and O–H groups in total. The number of fused-ring (bicyclic) bond motifs is 2. The molecule has 0 radical (unpaired) electrons.